The summed E-state index contributed by atoms with van der Waals surface area (Å²) in [5.41, 5.74) is 2.45. The van der Waals surface area contributed by atoms with Crippen molar-refractivity contribution in [2.45, 2.75) is 52.7 Å². The summed E-state index contributed by atoms with van der Waals surface area (Å²) in [6, 6.07) is 8.80. The molecule has 1 fully saturated rings. The Morgan fingerprint density at radius 2 is 1.83 bits per heavy atom. The molecule has 0 N–H and O–H groups in total. The molecule has 0 radical (unpaired) electrons. The zero-order chi connectivity index (χ0) is 21.0. The second-order valence-corrected chi connectivity index (χ2v) is 7.58. The van der Waals surface area contributed by atoms with Gasteiger partial charge in [0.15, 0.2) is 16.9 Å². The molecule has 0 spiro atoms. The smallest absolute Gasteiger partial charge is 0.306 e. The molecule has 29 heavy (non-hydrogen) atoms. The molecule has 156 valence electrons. The van der Waals surface area contributed by atoms with E-state index in [4.69, 9.17) is 14.2 Å². The number of nitrogens with zero attached hydrogens (tertiary/aromatic N) is 1. The lowest BCUT2D eigenvalue weighted by Gasteiger charge is -2.23. The fraction of sp³-hybridized carbons (Fsp3) is 0.478. The van der Waals surface area contributed by atoms with E-state index in [-0.39, 0.29) is 11.4 Å². The Hall–Kier alpha value is -2.76. The fourth-order valence-corrected chi connectivity index (χ4v) is 3.29. The summed E-state index contributed by atoms with van der Waals surface area (Å²) in [7, 11) is 1.61. The quantitative estimate of drug-likeness (QED) is 0.597. The van der Waals surface area contributed by atoms with E-state index in [1.54, 1.807) is 26.2 Å². The predicted molar refractivity (Wildman–Crippen MR) is 111 cm³/mol. The van der Waals surface area contributed by atoms with E-state index in [1.807, 2.05) is 36.6 Å². The van der Waals surface area contributed by atoms with Crippen LogP contribution >= 0.6 is 0 Å². The molecular weight excluding hydrogens is 370 g/mol. The van der Waals surface area contributed by atoms with E-state index in [0.717, 1.165) is 17.0 Å². The highest BCUT2D eigenvalue weighted by Crippen LogP contribution is 2.35. The largest absolute Gasteiger partial charge is 0.493 e. The highest BCUT2D eigenvalue weighted by Gasteiger charge is 2.24. The maximum Gasteiger partial charge on any atom is 0.306 e. The lowest BCUT2D eigenvalue weighted by molar-refractivity contribution is -0.149. The summed E-state index contributed by atoms with van der Waals surface area (Å²) in [6.07, 6.45) is 2.18. The van der Waals surface area contributed by atoms with Gasteiger partial charge in [0, 0.05) is 29.9 Å². The molecule has 0 bridgehead atoms. The predicted octanol–water partition coefficient (Wildman–Crippen LogP) is 3.96. The van der Waals surface area contributed by atoms with Crippen LogP contribution in [0.2, 0.25) is 0 Å². The molecule has 1 aromatic carbocycles. The molecule has 1 atom stereocenters. The second kappa shape index (κ2) is 9.16. The number of aromatic nitrogens is 1. The summed E-state index contributed by atoms with van der Waals surface area (Å²) < 4.78 is 19.2. The Morgan fingerprint density at radius 3 is 2.41 bits per heavy atom. The van der Waals surface area contributed by atoms with Crippen molar-refractivity contribution in [3.8, 4) is 11.5 Å². The average molecular weight is 399 g/mol. The maximum absolute atomic E-state index is 12.1. The van der Waals surface area contributed by atoms with Crippen LogP contribution in [0.3, 0.4) is 0 Å². The third-order valence-electron chi connectivity index (χ3n) is 5.20. The lowest BCUT2D eigenvalue weighted by Crippen LogP contribution is -2.21. The Balaban J connectivity index is 1.92. The highest BCUT2D eigenvalue weighted by molar-refractivity contribution is 5.69. The topological polar surface area (TPSA) is 66.8 Å². The van der Waals surface area contributed by atoms with Gasteiger partial charge in [0.25, 0.3) is 0 Å². The molecule has 1 aliphatic rings. The van der Waals surface area contributed by atoms with Crippen molar-refractivity contribution in [2.75, 3.05) is 13.7 Å². The van der Waals surface area contributed by atoms with Crippen LogP contribution in [0.15, 0.2) is 35.1 Å². The van der Waals surface area contributed by atoms with Crippen molar-refractivity contribution < 1.29 is 19.0 Å². The molecule has 1 unspecified atom stereocenters. The Labute approximate surface area is 171 Å². The standard InChI is InChI=1S/C23H29NO5/c1-5-23(26)29-22(13-24-15(2)10-19(25)11-16(24)3)18-8-9-20(27-4)21(12-18)28-14-17-6-7-17/h8-12,17,22H,5-7,13-14H2,1-4H3. The van der Waals surface area contributed by atoms with Crippen LogP contribution in [-0.2, 0) is 16.1 Å². The Morgan fingerprint density at radius 1 is 1.14 bits per heavy atom. The first-order valence-electron chi connectivity index (χ1n) is 10.1. The normalized spacial score (nSPS) is 14.3. The minimum atomic E-state index is -0.503. The lowest BCUT2D eigenvalue weighted by atomic mass is 10.1. The van der Waals surface area contributed by atoms with Crippen LogP contribution in [0.4, 0.5) is 0 Å². The molecule has 1 aliphatic carbocycles. The highest BCUT2D eigenvalue weighted by atomic mass is 16.5. The number of rotatable bonds is 9. The van der Waals surface area contributed by atoms with Gasteiger partial charge in [0.05, 0.1) is 20.3 Å². The number of hydrogen-bond donors (Lipinski definition) is 0. The zero-order valence-corrected chi connectivity index (χ0v) is 17.6. The van der Waals surface area contributed by atoms with Gasteiger partial charge in [-0.25, -0.2) is 0 Å². The summed E-state index contributed by atoms with van der Waals surface area (Å²) in [5, 5.41) is 0. The van der Waals surface area contributed by atoms with Gasteiger partial charge in [-0.3, -0.25) is 9.59 Å². The van der Waals surface area contributed by atoms with Crippen LogP contribution in [-0.4, -0.2) is 24.3 Å². The first-order valence-corrected chi connectivity index (χ1v) is 10.1. The first-order chi connectivity index (χ1) is 13.9. The zero-order valence-electron chi connectivity index (χ0n) is 17.6. The summed E-state index contributed by atoms with van der Waals surface area (Å²) in [6.45, 7) is 6.61. The minimum absolute atomic E-state index is 0.0291. The van der Waals surface area contributed by atoms with E-state index >= 15 is 0 Å². The van der Waals surface area contributed by atoms with Crippen LogP contribution in [0.5, 0.6) is 11.5 Å². The third-order valence-corrected chi connectivity index (χ3v) is 5.20. The van der Waals surface area contributed by atoms with Crippen LogP contribution < -0.4 is 14.9 Å². The van der Waals surface area contributed by atoms with E-state index in [2.05, 4.69) is 0 Å². The molecule has 6 heteroatoms. The number of esters is 1. The summed E-state index contributed by atoms with van der Waals surface area (Å²) >= 11 is 0. The van der Waals surface area contributed by atoms with Crippen molar-refractivity contribution in [3.63, 3.8) is 0 Å². The van der Waals surface area contributed by atoms with Gasteiger partial charge in [-0.2, -0.15) is 0 Å². The van der Waals surface area contributed by atoms with E-state index < -0.39 is 6.10 Å². The van der Waals surface area contributed by atoms with Crippen LogP contribution in [0, 0.1) is 19.8 Å². The van der Waals surface area contributed by atoms with Gasteiger partial charge < -0.3 is 18.8 Å². The molecule has 0 aliphatic heterocycles. The van der Waals surface area contributed by atoms with Crippen LogP contribution in [0.25, 0.3) is 0 Å². The molecule has 3 rings (SSSR count). The summed E-state index contributed by atoms with van der Waals surface area (Å²) in [4.78, 5) is 23.9. The Kier molecular flexibility index (Phi) is 6.62. The third kappa shape index (κ3) is 5.40. The molecule has 1 saturated carbocycles. The number of pyridine rings is 1. The number of methoxy groups -OCH3 is 1. The average Bonchev–Trinajstić information content (AvgIpc) is 3.52. The molecule has 6 nitrogen and oxygen atoms in total. The monoisotopic (exact) mass is 399 g/mol. The van der Waals surface area contributed by atoms with Crippen molar-refractivity contribution in [3.05, 3.63) is 57.5 Å². The Bertz CT molecular complexity index is 903. The first kappa shape index (κ1) is 21.0. The van der Waals surface area contributed by atoms with Gasteiger partial charge in [-0.05, 0) is 50.3 Å². The maximum atomic E-state index is 12.1. The molecule has 0 saturated heterocycles. The molecule has 2 aromatic rings. The van der Waals surface area contributed by atoms with Crippen molar-refractivity contribution in [2.24, 2.45) is 5.92 Å². The number of aryl methyl sites for hydroxylation is 2. The van der Waals surface area contributed by atoms with E-state index in [0.29, 0.717) is 37.0 Å². The fourth-order valence-electron chi connectivity index (χ4n) is 3.29. The summed E-state index contributed by atoms with van der Waals surface area (Å²) in [5.74, 6) is 1.65. The van der Waals surface area contributed by atoms with Crippen molar-refractivity contribution in [1.29, 1.82) is 0 Å². The van der Waals surface area contributed by atoms with Gasteiger partial charge in [0.2, 0.25) is 0 Å². The van der Waals surface area contributed by atoms with Gasteiger partial charge in [-0.15, -0.1) is 0 Å². The van der Waals surface area contributed by atoms with Crippen molar-refractivity contribution in [1.82, 2.24) is 4.57 Å². The van der Waals surface area contributed by atoms with E-state index in [1.165, 1.54) is 12.8 Å². The van der Waals surface area contributed by atoms with Gasteiger partial charge >= 0.3 is 5.97 Å². The number of carbonyl (C=O) groups is 1. The van der Waals surface area contributed by atoms with Gasteiger partial charge in [0.1, 0.15) is 6.10 Å². The SMILES string of the molecule is CCC(=O)OC(Cn1c(C)cc(=O)cc1C)c1ccc(OC)c(OCC2CC2)c1. The van der Waals surface area contributed by atoms with Crippen LogP contribution in [0.1, 0.15) is 49.2 Å². The molecule has 1 heterocycles. The number of ether oxygens (including phenoxy) is 3. The van der Waals surface area contributed by atoms with Gasteiger partial charge in [-0.1, -0.05) is 13.0 Å². The van der Waals surface area contributed by atoms with Crippen molar-refractivity contribution >= 4 is 5.97 Å². The molecule has 0 amide bonds. The molecule has 1 aromatic heterocycles. The number of carbonyl (C=O) groups excluding carboxylic acids is 1. The number of hydrogen-bond acceptors (Lipinski definition) is 5. The molecular formula is C23H29NO5. The minimum Gasteiger partial charge on any atom is -0.493 e. The van der Waals surface area contributed by atoms with E-state index in [9.17, 15) is 9.59 Å². The second-order valence-electron chi connectivity index (χ2n) is 7.58. The number of benzene rings is 1.